The van der Waals surface area contributed by atoms with Gasteiger partial charge in [0.2, 0.25) is 11.8 Å². The average molecular weight is 338 g/mol. The summed E-state index contributed by atoms with van der Waals surface area (Å²) in [4.78, 5) is 24.3. The number of ether oxygens (including phenoxy) is 1. The van der Waals surface area contributed by atoms with E-state index in [9.17, 15) is 9.59 Å². The van der Waals surface area contributed by atoms with Crippen molar-refractivity contribution in [1.29, 1.82) is 0 Å². The highest BCUT2D eigenvalue weighted by molar-refractivity contribution is 5.98. The molecule has 2 aromatic rings. The van der Waals surface area contributed by atoms with Gasteiger partial charge in [-0.3, -0.25) is 9.59 Å². The molecule has 0 saturated carbocycles. The van der Waals surface area contributed by atoms with Crippen LogP contribution in [-0.2, 0) is 16.0 Å². The van der Waals surface area contributed by atoms with Crippen molar-refractivity contribution in [1.82, 2.24) is 0 Å². The zero-order valence-corrected chi connectivity index (χ0v) is 14.5. The Labute approximate surface area is 147 Å². The quantitative estimate of drug-likeness (QED) is 0.895. The minimum Gasteiger partial charge on any atom is -0.490 e. The standard InChI is InChI=1S/C20H22N2O3/c1-20(2)13-25-17-12-15(9-10-16(17)22-19(20)24)21-18(23)11-8-14-6-4-3-5-7-14/h3-7,9-10,12H,8,11,13H2,1-2H3,(H,21,23)(H,22,24). The van der Waals surface area contributed by atoms with Gasteiger partial charge in [-0.25, -0.2) is 0 Å². The fourth-order valence-corrected chi connectivity index (χ4v) is 2.56. The van der Waals surface area contributed by atoms with E-state index in [1.165, 1.54) is 0 Å². The van der Waals surface area contributed by atoms with Gasteiger partial charge in [-0.15, -0.1) is 0 Å². The largest absolute Gasteiger partial charge is 0.490 e. The Morgan fingerprint density at radius 1 is 1.20 bits per heavy atom. The number of hydrogen-bond acceptors (Lipinski definition) is 3. The van der Waals surface area contributed by atoms with Crippen LogP contribution in [0.4, 0.5) is 11.4 Å². The molecule has 1 aliphatic rings. The van der Waals surface area contributed by atoms with Crippen LogP contribution in [0.25, 0.3) is 0 Å². The summed E-state index contributed by atoms with van der Waals surface area (Å²) in [5.41, 5.74) is 1.81. The second-order valence-electron chi connectivity index (χ2n) is 6.87. The van der Waals surface area contributed by atoms with E-state index in [1.807, 2.05) is 44.2 Å². The summed E-state index contributed by atoms with van der Waals surface area (Å²) in [6.45, 7) is 3.96. The molecule has 0 saturated heterocycles. The first-order chi connectivity index (χ1) is 11.9. The number of rotatable bonds is 4. The van der Waals surface area contributed by atoms with Crippen molar-refractivity contribution in [2.24, 2.45) is 5.41 Å². The smallest absolute Gasteiger partial charge is 0.233 e. The normalized spacial score (nSPS) is 15.4. The number of carbonyl (C=O) groups excluding carboxylic acids is 2. The lowest BCUT2D eigenvalue weighted by molar-refractivity contribution is -0.125. The third kappa shape index (κ3) is 4.18. The number of carbonyl (C=O) groups is 2. The van der Waals surface area contributed by atoms with E-state index >= 15 is 0 Å². The topological polar surface area (TPSA) is 67.4 Å². The minimum atomic E-state index is -0.599. The van der Waals surface area contributed by atoms with Gasteiger partial charge >= 0.3 is 0 Å². The van der Waals surface area contributed by atoms with E-state index in [0.29, 0.717) is 30.0 Å². The van der Waals surface area contributed by atoms with Crippen LogP contribution in [0.5, 0.6) is 5.75 Å². The van der Waals surface area contributed by atoms with Gasteiger partial charge in [0.15, 0.2) is 0 Å². The number of fused-ring (bicyclic) bond motifs is 1. The first-order valence-corrected chi connectivity index (χ1v) is 8.36. The molecule has 0 bridgehead atoms. The van der Waals surface area contributed by atoms with Crippen LogP contribution in [0.2, 0.25) is 0 Å². The fraction of sp³-hybridized carbons (Fsp3) is 0.300. The number of aryl methyl sites for hydroxylation is 1. The number of benzene rings is 2. The highest BCUT2D eigenvalue weighted by atomic mass is 16.5. The van der Waals surface area contributed by atoms with Crippen LogP contribution < -0.4 is 15.4 Å². The van der Waals surface area contributed by atoms with Crippen molar-refractivity contribution >= 4 is 23.2 Å². The maximum Gasteiger partial charge on any atom is 0.233 e. The average Bonchev–Trinajstić information content (AvgIpc) is 2.71. The summed E-state index contributed by atoms with van der Waals surface area (Å²) in [6.07, 6.45) is 1.10. The molecule has 0 fully saturated rings. The molecule has 0 aliphatic carbocycles. The van der Waals surface area contributed by atoms with Crippen LogP contribution in [0, 0.1) is 5.41 Å². The molecule has 0 atom stereocenters. The maximum atomic E-state index is 12.2. The molecule has 2 amide bonds. The number of amides is 2. The van der Waals surface area contributed by atoms with Gasteiger partial charge in [0.05, 0.1) is 11.1 Å². The van der Waals surface area contributed by atoms with E-state index in [-0.39, 0.29) is 18.4 Å². The molecule has 2 aromatic carbocycles. The van der Waals surface area contributed by atoms with Crippen molar-refractivity contribution < 1.29 is 14.3 Å². The second-order valence-corrected chi connectivity index (χ2v) is 6.87. The fourth-order valence-electron chi connectivity index (χ4n) is 2.56. The summed E-state index contributed by atoms with van der Waals surface area (Å²) in [6, 6.07) is 15.2. The Bertz CT molecular complexity index is 785. The molecule has 0 radical (unpaired) electrons. The Morgan fingerprint density at radius 3 is 2.72 bits per heavy atom. The molecule has 25 heavy (non-hydrogen) atoms. The van der Waals surface area contributed by atoms with Crippen molar-refractivity contribution in [3.8, 4) is 5.75 Å². The zero-order valence-electron chi connectivity index (χ0n) is 14.5. The monoisotopic (exact) mass is 338 g/mol. The number of nitrogens with one attached hydrogen (secondary N) is 2. The lowest BCUT2D eigenvalue weighted by atomic mass is 9.94. The molecule has 2 N–H and O–H groups in total. The van der Waals surface area contributed by atoms with Crippen molar-refractivity contribution in [3.63, 3.8) is 0 Å². The van der Waals surface area contributed by atoms with Crippen LogP contribution in [-0.4, -0.2) is 18.4 Å². The zero-order chi connectivity index (χ0) is 17.9. The molecular weight excluding hydrogens is 316 g/mol. The van der Waals surface area contributed by atoms with Crippen molar-refractivity contribution in [2.75, 3.05) is 17.2 Å². The van der Waals surface area contributed by atoms with E-state index in [4.69, 9.17) is 4.74 Å². The molecule has 0 aromatic heterocycles. The molecule has 1 heterocycles. The van der Waals surface area contributed by atoms with Gasteiger partial charge in [-0.1, -0.05) is 30.3 Å². The molecule has 3 rings (SSSR count). The van der Waals surface area contributed by atoms with Crippen molar-refractivity contribution in [3.05, 3.63) is 54.1 Å². The first-order valence-electron chi connectivity index (χ1n) is 8.36. The number of hydrogen-bond donors (Lipinski definition) is 2. The molecule has 5 nitrogen and oxygen atoms in total. The van der Waals surface area contributed by atoms with Crippen LogP contribution in [0.3, 0.4) is 0 Å². The first kappa shape index (κ1) is 17.0. The highest BCUT2D eigenvalue weighted by Gasteiger charge is 2.32. The van der Waals surface area contributed by atoms with Gasteiger partial charge in [-0.2, -0.15) is 0 Å². The van der Waals surface area contributed by atoms with Gasteiger partial charge in [0, 0.05) is 18.2 Å². The summed E-state index contributed by atoms with van der Waals surface area (Å²) >= 11 is 0. The predicted octanol–water partition coefficient (Wildman–Crippen LogP) is 3.62. The summed E-state index contributed by atoms with van der Waals surface area (Å²) in [7, 11) is 0. The molecule has 1 aliphatic heterocycles. The van der Waals surface area contributed by atoms with Gasteiger partial charge in [0.1, 0.15) is 12.4 Å². The Balaban J connectivity index is 1.64. The van der Waals surface area contributed by atoms with Crippen LogP contribution in [0.15, 0.2) is 48.5 Å². The molecule has 0 spiro atoms. The SMILES string of the molecule is CC1(C)COc2cc(NC(=O)CCc3ccccc3)ccc2NC1=O. The Morgan fingerprint density at radius 2 is 1.96 bits per heavy atom. The maximum absolute atomic E-state index is 12.2. The molecule has 5 heteroatoms. The molecule has 130 valence electrons. The van der Waals surface area contributed by atoms with Gasteiger partial charge in [0.25, 0.3) is 0 Å². The molecule has 0 unspecified atom stereocenters. The van der Waals surface area contributed by atoms with E-state index in [2.05, 4.69) is 10.6 Å². The van der Waals surface area contributed by atoms with Crippen LogP contribution in [0.1, 0.15) is 25.8 Å². The Kier molecular flexibility index (Phi) is 4.74. The summed E-state index contributed by atoms with van der Waals surface area (Å²) in [5.74, 6) is 0.437. The predicted molar refractivity (Wildman–Crippen MR) is 97.7 cm³/mol. The molecular formula is C20H22N2O3. The highest BCUT2D eigenvalue weighted by Crippen LogP contribution is 2.34. The van der Waals surface area contributed by atoms with Crippen molar-refractivity contribution in [2.45, 2.75) is 26.7 Å². The van der Waals surface area contributed by atoms with E-state index in [1.54, 1.807) is 18.2 Å². The van der Waals surface area contributed by atoms with Gasteiger partial charge < -0.3 is 15.4 Å². The third-order valence-electron chi connectivity index (χ3n) is 4.20. The Hall–Kier alpha value is -2.82. The lowest BCUT2D eigenvalue weighted by Gasteiger charge is -2.18. The second kappa shape index (κ2) is 6.97. The lowest BCUT2D eigenvalue weighted by Crippen LogP contribution is -2.33. The summed E-state index contributed by atoms with van der Waals surface area (Å²) in [5, 5.41) is 5.75. The van der Waals surface area contributed by atoms with E-state index < -0.39 is 5.41 Å². The summed E-state index contributed by atoms with van der Waals surface area (Å²) < 4.78 is 5.75. The third-order valence-corrected chi connectivity index (χ3v) is 4.20. The number of anilines is 2. The van der Waals surface area contributed by atoms with E-state index in [0.717, 1.165) is 5.56 Å². The van der Waals surface area contributed by atoms with Crippen LogP contribution >= 0.6 is 0 Å². The minimum absolute atomic E-state index is 0.0539. The van der Waals surface area contributed by atoms with Gasteiger partial charge in [-0.05, 0) is 38.0 Å².